The van der Waals surface area contributed by atoms with Crippen LogP contribution in [0.1, 0.15) is 70.4 Å². The molecule has 1 amide bonds. The van der Waals surface area contributed by atoms with Gasteiger partial charge in [0.25, 0.3) is 5.91 Å². The fourth-order valence-corrected chi connectivity index (χ4v) is 3.89. The Balaban J connectivity index is 1.90. The number of ether oxygens (including phenoxy) is 2. The number of hydrogen-bond donors (Lipinski definition) is 1. The Hall–Kier alpha value is -2.76. The van der Waals surface area contributed by atoms with E-state index in [9.17, 15) is 9.59 Å². The van der Waals surface area contributed by atoms with Crippen LogP contribution < -0.4 is 4.74 Å². The van der Waals surface area contributed by atoms with E-state index in [1.807, 2.05) is 43.0 Å². The van der Waals surface area contributed by atoms with Crippen molar-refractivity contribution in [2.75, 3.05) is 13.7 Å². The van der Waals surface area contributed by atoms with E-state index in [2.05, 4.69) is 4.98 Å². The summed E-state index contributed by atoms with van der Waals surface area (Å²) in [5.74, 6) is 0.294. The van der Waals surface area contributed by atoms with E-state index in [1.54, 1.807) is 21.0 Å². The molecule has 1 fully saturated rings. The highest BCUT2D eigenvalue weighted by atomic mass is 16.5. The predicted octanol–water partition coefficient (Wildman–Crippen LogP) is 4.18. The molecular weight excluding hydrogens is 356 g/mol. The van der Waals surface area contributed by atoms with Gasteiger partial charge in [-0.05, 0) is 63.8 Å². The monoisotopic (exact) mass is 384 g/mol. The molecule has 1 saturated heterocycles. The van der Waals surface area contributed by atoms with Gasteiger partial charge in [-0.25, -0.2) is 4.79 Å². The Morgan fingerprint density at radius 1 is 1.25 bits per heavy atom. The topological polar surface area (TPSA) is 71.6 Å². The lowest BCUT2D eigenvalue weighted by Gasteiger charge is -2.25. The number of amides is 1. The Bertz CT molecular complexity index is 885. The summed E-state index contributed by atoms with van der Waals surface area (Å²) in [6.45, 7) is 7.90. The molecule has 0 saturated carbocycles. The summed E-state index contributed by atoms with van der Waals surface area (Å²) in [5.41, 5.74) is 3.27. The Morgan fingerprint density at radius 3 is 2.68 bits per heavy atom. The molecule has 0 aliphatic carbocycles. The molecule has 3 rings (SSSR count). The second kappa shape index (κ2) is 8.09. The molecule has 1 aliphatic heterocycles. The largest absolute Gasteiger partial charge is 0.497 e. The van der Waals surface area contributed by atoms with Gasteiger partial charge in [-0.3, -0.25) is 4.79 Å². The van der Waals surface area contributed by atoms with E-state index in [4.69, 9.17) is 9.47 Å². The number of methoxy groups -OCH3 is 1. The number of rotatable bonds is 5. The maximum atomic E-state index is 13.3. The average Bonchev–Trinajstić information content (AvgIpc) is 3.25. The zero-order chi connectivity index (χ0) is 20.4. The summed E-state index contributed by atoms with van der Waals surface area (Å²) in [6.07, 6.45) is 1.63. The van der Waals surface area contributed by atoms with Gasteiger partial charge in [-0.1, -0.05) is 12.1 Å². The van der Waals surface area contributed by atoms with Gasteiger partial charge in [0.05, 0.1) is 24.8 Å². The molecule has 2 heterocycles. The van der Waals surface area contributed by atoms with Gasteiger partial charge >= 0.3 is 5.97 Å². The first kappa shape index (κ1) is 20.0. The third-order valence-corrected chi connectivity index (χ3v) is 5.19. The van der Waals surface area contributed by atoms with E-state index < -0.39 is 5.97 Å². The molecule has 1 unspecified atom stereocenters. The summed E-state index contributed by atoms with van der Waals surface area (Å²) < 4.78 is 10.7. The van der Waals surface area contributed by atoms with Crippen molar-refractivity contribution in [2.24, 2.45) is 0 Å². The molecule has 1 atom stereocenters. The molecule has 1 aliphatic rings. The maximum Gasteiger partial charge on any atom is 0.340 e. The number of esters is 1. The predicted molar refractivity (Wildman–Crippen MR) is 107 cm³/mol. The number of aromatic nitrogens is 1. The Kier molecular flexibility index (Phi) is 5.77. The molecular formula is C22H28N2O4. The highest BCUT2D eigenvalue weighted by Gasteiger charge is 2.33. The fraction of sp³-hybridized carbons (Fsp3) is 0.455. The van der Waals surface area contributed by atoms with E-state index in [1.165, 1.54) is 0 Å². The third-order valence-electron chi connectivity index (χ3n) is 5.19. The first-order valence-corrected chi connectivity index (χ1v) is 9.68. The molecule has 28 heavy (non-hydrogen) atoms. The fourth-order valence-electron chi connectivity index (χ4n) is 3.89. The molecule has 0 radical (unpaired) electrons. The lowest BCUT2D eigenvalue weighted by atomic mass is 10.0. The maximum absolute atomic E-state index is 13.3. The average molecular weight is 384 g/mol. The van der Waals surface area contributed by atoms with E-state index in [0.717, 1.165) is 24.2 Å². The molecule has 6 heteroatoms. The first-order chi connectivity index (χ1) is 13.3. The van der Waals surface area contributed by atoms with Crippen molar-refractivity contribution in [2.45, 2.75) is 52.7 Å². The summed E-state index contributed by atoms with van der Waals surface area (Å²) in [5, 5.41) is 0. The van der Waals surface area contributed by atoms with Crippen LogP contribution in [0, 0.1) is 13.8 Å². The minimum Gasteiger partial charge on any atom is -0.497 e. The normalized spacial score (nSPS) is 16.5. The van der Waals surface area contributed by atoms with Crippen LogP contribution in [-0.2, 0) is 4.74 Å². The number of H-pyrrole nitrogens is 1. The number of aromatic amines is 1. The standard InChI is InChI=1S/C22H28N2O4/c1-13(2)28-22(26)19-14(3)20(23-15(19)4)21(25)24-11-7-10-18(24)16-8-6-9-17(12-16)27-5/h6,8-9,12-13,18,23H,7,10-11H2,1-5H3. The van der Waals surface area contributed by atoms with Crippen LogP contribution in [0.5, 0.6) is 5.75 Å². The molecule has 2 aromatic rings. The summed E-state index contributed by atoms with van der Waals surface area (Å²) >= 11 is 0. The van der Waals surface area contributed by atoms with Crippen LogP contribution in [0.3, 0.4) is 0 Å². The molecule has 1 aromatic heterocycles. The highest BCUT2D eigenvalue weighted by Crippen LogP contribution is 2.35. The second-order valence-electron chi connectivity index (χ2n) is 7.51. The quantitative estimate of drug-likeness (QED) is 0.785. The van der Waals surface area contributed by atoms with Crippen LogP contribution in [0.25, 0.3) is 0 Å². The van der Waals surface area contributed by atoms with E-state index >= 15 is 0 Å². The van der Waals surface area contributed by atoms with Gasteiger partial charge in [0.2, 0.25) is 0 Å². The molecule has 6 nitrogen and oxygen atoms in total. The number of carbonyl (C=O) groups excluding carboxylic acids is 2. The minimum atomic E-state index is -0.397. The zero-order valence-corrected chi connectivity index (χ0v) is 17.2. The van der Waals surface area contributed by atoms with Crippen LogP contribution in [0.4, 0.5) is 0 Å². The van der Waals surface area contributed by atoms with E-state index in [0.29, 0.717) is 29.1 Å². The van der Waals surface area contributed by atoms with Crippen molar-refractivity contribution < 1.29 is 19.1 Å². The molecule has 0 bridgehead atoms. The summed E-state index contributed by atoms with van der Waals surface area (Å²) in [7, 11) is 1.64. The van der Waals surface area contributed by atoms with Gasteiger partial charge in [0.1, 0.15) is 11.4 Å². The third kappa shape index (κ3) is 3.77. The van der Waals surface area contributed by atoms with Gasteiger partial charge in [-0.15, -0.1) is 0 Å². The molecule has 150 valence electrons. The molecule has 1 aromatic carbocycles. The van der Waals surface area contributed by atoms with Crippen LogP contribution in [0.15, 0.2) is 24.3 Å². The summed E-state index contributed by atoms with van der Waals surface area (Å²) in [4.78, 5) is 30.8. The lowest BCUT2D eigenvalue weighted by Crippen LogP contribution is -2.31. The van der Waals surface area contributed by atoms with Gasteiger partial charge in [0.15, 0.2) is 0 Å². The van der Waals surface area contributed by atoms with Crippen molar-refractivity contribution in [3.05, 3.63) is 52.3 Å². The van der Waals surface area contributed by atoms with Crippen molar-refractivity contribution >= 4 is 11.9 Å². The number of likely N-dealkylation sites (tertiary alicyclic amines) is 1. The van der Waals surface area contributed by atoms with Gasteiger partial charge < -0.3 is 19.4 Å². The number of nitrogens with zero attached hydrogens (tertiary/aromatic N) is 1. The number of nitrogens with one attached hydrogen (secondary N) is 1. The number of carbonyl (C=O) groups is 2. The smallest absolute Gasteiger partial charge is 0.340 e. The van der Waals surface area contributed by atoms with Gasteiger partial charge in [0, 0.05) is 12.2 Å². The van der Waals surface area contributed by atoms with Crippen LogP contribution in [0.2, 0.25) is 0 Å². The highest BCUT2D eigenvalue weighted by molar-refractivity contribution is 6.00. The number of aryl methyl sites for hydroxylation is 1. The van der Waals surface area contributed by atoms with Crippen LogP contribution in [-0.4, -0.2) is 41.5 Å². The first-order valence-electron chi connectivity index (χ1n) is 9.68. The molecule has 1 N–H and O–H groups in total. The van der Waals surface area contributed by atoms with E-state index in [-0.39, 0.29) is 18.1 Å². The lowest BCUT2D eigenvalue weighted by molar-refractivity contribution is 0.0376. The van der Waals surface area contributed by atoms with Crippen molar-refractivity contribution in [1.29, 1.82) is 0 Å². The summed E-state index contributed by atoms with van der Waals surface area (Å²) in [6, 6.07) is 7.84. The Morgan fingerprint density at radius 2 is 2.00 bits per heavy atom. The van der Waals surface area contributed by atoms with Crippen molar-refractivity contribution in [3.63, 3.8) is 0 Å². The van der Waals surface area contributed by atoms with Gasteiger partial charge in [-0.2, -0.15) is 0 Å². The molecule has 0 spiro atoms. The van der Waals surface area contributed by atoms with Crippen LogP contribution >= 0.6 is 0 Å². The van der Waals surface area contributed by atoms with Crippen molar-refractivity contribution in [1.82, 2.24) is 9.88 Å². The Labute approximate surface area is 165 Å². The SMILES string of the molecule is COc1cccc(C2CCCN2C(=O)c2[nH]c(C)c(C(=O)OC(C)C)c2C)c1. The minimum absolute atomic E-state index is 0.00308. The number of hydrogen-bond acceptors (Lipinski definition) is 4. The second-order valence-corrected chi connectivity index (χ2v) is 7.51. The number of benzene rings is 1. The zero-order valence-electron chi connectivity index (χ0n) is 17.2. The van der Waals surface area contributed by atoms with Crippen molar-refractivity contribution in [3.8, 4) is 5.75 Å².